The maximum Gasteiger partial charge on any atom is 0.0469 e. The van der Waals surface area contributed by atoms with Crippen LogP contribution in [0, 0.1) is 10.4 Å². The third kappa shape index (κ3) is 3.86. The monoisotopic (exact) mass is 404 g/mol. The molecule has 1 heterocycles. The molecule has 1 N–H and O–H groups in total. The molecule has 0 bridgehead atoms. The molecule has 3 aromatic rings. The number of nitrogens with zero attached hydrogens (tertiary/aromatic N) is 1. The molecule has 0 radical (unpaired) electrons. The molecule has 0 saturated heterocycles. The Kier molecular flexibility index (Phi) is 5.54. The molecular formula is C29H28N2. The number of nitrogens with one attached hydrogen (secondary N) is 1. The van der Waals surface area contributed by atoms with E-state index in [2.05, 4.69) is 65.8 Å². The lowest BCUT2D eigenvalue weighted by Gasteiger charge is -2.24. The largest absolute Gasteiger partial charge is 0.360 e. The molecular weight excluding hydrogens is 376 g/mol. The fraction of sp³-hybridized carbons (Fsp3) is 0.207. The average molecular weight is 405 g/mol. The molecule has 3 aliphatic rings. The summed E-state index contributed by atoms with van der Waals surface area (Å²) in [4.78, 5) is 4.04. The molecule has 6 rings (SSSR count). The Labute approximate surface area is 183 Å². The van der Waals surface area contributed by atoms with Crippen LogP contribution in [0.25, 0.3) is 12.2 Å². The Morgan fingerprint density at radius 3 is 2.71 bits per heavy atom. The van der Waals surface area contributed by atoms with Crippen LogP contribution in [0.3, 0.4) is 0 Å². The molecule has 31 heavy (non-hydrogen) atoms. The highest BCUT2D eigenvalue weighted by Gasteiger charge is 2.19. The van der Waals surface area contributed by atoms with E-state index in [1.807, 2.05) is 36.7 Å². The fourth-order valence-corrected chi connectivity index (χ4v) is 4.97. The van der Waals surface area contributed by atoms with Crippen molar-refractivity contribution in [3.8, 4) is 0 Å². The van der Waals surface area contributed by atoms with Gasteiger partial charge in [0.25, 0.3) is 0 Å². The van der Waals surface area contributed by atoms with Crippen molar-refractivity contribution in [2.45, 2.75) is 38.5 Å². The lowest BCUT2D eigenvalue weighted by atomic mass is 9.81. The van der Waals surface area contributed by atoms with Crippen LogP contribution in [0.4, 0.5) is 5.69 Å². The highest BCUT2D eigenvalue weighted by molar-refractivity contribution is 5.88. The standard InChI is InChI=1S/C20H20.C9H8N2/c1-2-14-7-5-8-16-11-12-18-17-9-4-3-6-15(17)10-13-19(18)20(14)16;1-2-4-9-8(3-1)7-10-5-6-11-9/h3-4,6,8-12,14H,2,5,7,13H2,1H3;1-7,11H. The van der Waals surface area contributed by atoms with Gasteiger partial charge in [-0.3, -0.25) is 4.99 Å². The second-order valence-corrected chi connectivity index (χ2v) is 8.30. The molecule has 0 spiro atoms. The summed E-state index contributed by atoms with van der Waals surface area (Å²) in [6, 6.07) is 21.5. The lowest BCUT2D eigenvalue weighted by Crippen LogP contribution is -2.22. The predicted octanol–water partition coefficient (Wildman–Crippen LogP) is 5.38. The number of fused-ring (bicyclic) bond motifs is 5. The van der Waals surface area contributed by atoms with E-state index < -0.39 is 0 Å². The van der Waals surface area contributed by atoms with Crippen LogP contribution in [0.15, 0.2) is 78.1 Å². The van der Waals surface area contributed by atoms with E-state index in [9.17, 15) is 0 Å². The van der Waals surface area contributed by atoms with Gasteiger partial charge in [-0.15, -0.1) is 0 Å². The van der Waals surface area contributed by atoms with Gasteiger partial charge in [-0.05, 0) is 69.7 Å². The number of anilines is 1. The van der Waals surface area contributed by atoms with Gasteiger partial charge in [0.05, 0.1) is 0 Å². The second-order valence-electron chi connectivity index (χ2n) is 8.30. The number of hydrogen-bond donors (Lipinski definition) is 1. The fourth-order valence-electron chi connectivity index (χ4n) is 4.97. The maximum atomic E-state index is 4.04. The van der Waals surface area contributed by atoms with Crippen LogP contribution in [-0.4, -0.2) is 6.21 Å². The van der Waals surface area contributed by atoms with Gasteiger partial charge in [0, 0.05) is 29.9 Å². The minimum atomic E-state index is 0.753. The summed E-state index contributed by atoms with van der Waals surface area (Å²) < 4.78 is 0. The molecule has 1 atom stereocenters. The first kappa shape index (κ1) is 19.6. The molecule has 154 valence electrons. The Bertz CT molecular complexity index is 1380. The van der Waals surface area contributed by atoms with Crippen LogP contribution in [0.1, 0.15) is 48.8 Å². The van der Waals surface area contributed by atoms with Crippen molar-refractivity contribution in [1.82, 2.24) is 0 Å². The number of para-hydroxylation sites is 1. The average Bonchev–Trinajstić information content (AvgIpc) is 3.09. The predicted molar refractivity (Wildman–Crippen MR) is 132 cm³/mol. The van der Waals surface area contributed by atoms with Gasteiger partial charge in [0.1, 0.15) is 0 Å². The number of benzene rings is 3. The minimum absolute atomic E-state index is 0.753. The molecule has 0 amide bonds. The van der Waals surface area contributed by atoms with E-state index in [0.29, 0.717) is 0 Å². The number of rotatable bonds is 1. The smallest absolute Gasteiger partial charge is 0.0469 e. The highest BCUT2D eigenvalue weighted by atomic mass is 14.9. The van der Waals surface area contributed by atoms with Gasteiger partial charge >= 0.3 is 0 Å². The zero-order chi connectivity index (χ0) is 21.0. The summed E-state index contributed by atoms with van der Waals surface area (Å²) in [6.07, 6.45) is 15.2. The molecule has 1 unspecified atom stereocenters. The van der Waals surface area contributed by atoms with Crippen molar-refractivity contribution in [3.05, 3.63) is 111 Å². The van der Waals surface area contributed by atoms with Crippen molar-refractivity contribution in [3.63, 3.8) is 0 Å². The Balaban J connectivity index is 0.000000157. The van der Waals surface area contributed by atoms with E-state index in [-0.39, 0.29) is 0 Å². The van der Waals surface area contributed by atoms with Crippen LogP contribution in [0.5, 0.6) is 0 Å². The van der Waals surface area contributed by atoms with Gasteiger partial charge in [0.15, 0.2) is 0 Å². The number of hydrogen-bond acceptors (Lipinski definition) is 2. The first-order valence-electron chi connectivity index (χ1n) is 11.3. The molecule has 3 aromatic carbocycles. The molecule has 2 nitrogen and oxygen atoms in total. The second kappa shape index (κ2) is 8.77. The Morgan fingerprint density at radius 2 is 1.77 bits per heavy atom. The van der Waals surface area contributed by atoms with Crippen molar-refractivity contribution < 1.29 is 0 Å². The van der Waals surface area contributed by atoms with E-state index in [1.165, 1.54) is 40.1 Å². The van der Waals surface area contributed by atoms with Crippen molar-refractivity contribution in [2.24, 2.45) is 4.99 Å². The van der Waals surface area contributed by atoms with Gasteiger partial charge in [0.2, 0.25) is 0 Å². The van der Waals surface area contributed by atoms with Crippen LogP contribution >= 0.6 is 0 Å². The zero-order valence-corrected chi connectivity index (χ0v) is 18.0. The molecule has 0 aromatic heterocycles. The van der Waals surface area contributed by atoms with Gasteiger partial charge in [-0.2, -0.15) is 0 Å². The van der Waals surface area contributed by atoms with Crippen molar-refractivity contribution in [1.29, 1.82) is 0 Å². The zero-order valence-electron chi connectivity index (χ0n) is 18.0. The summed E-state index contributed by atoms with van der Waals surface area (Å²) in [5.74, 6) is 0.753. The van der Waals surface area contributed by atoms with Crippen molar-refractivity contribution >= 4 is 24.1 Å². The first-order chi connectivity index (χ1) is 15.3. The van der Waals surface area contributed by atoms with Crippen LogP contribution in [0.2, 0.25) is 0 Å². The van der Waals surface area contributed by atoms with Gasteiger partial charge < -0.3 is 5.32 Å². The minimum Gasteiger partial charge on any atom is -0.360 e. The van der Waals surface area contributed by atoms with Crippen molar-refractivity contribution in [2.75, 3.05) is 5.32 Å². The molecule has 1 aliphatic heterocycles. The summed E-state index contributed by atoms with van der Waals surface area (Å²) in [7, 11) is 0. The lowest BCUT2D eigenvalue weighted by molar-refractivity contribution is 0.601. The van der Waals surface area contributed by atoms with E-state index >= 15 is 0 Å². The Morgan fingerprint density at radius 1 is 0.903 bits per heavy atom. The summed E-state index contributed by atoms with van der Waals surface area (Å²) in [5.41, 5.74) is 5.45. The molecule has 2 heteroatoms. The summed E-state index contributed by atoms with van der Waals surface area (Å²) in [6.45, 7) is 2.33. The summed E-state index contributed by atoms with van der Waals surface area (Å²) >= 11 is 0. The first-order valence-corrected chi connectivity index (χ1v) is 11.3. The van der Waals surface area contributed by atoms with Gasteiger partial charge in [-0.25, -0.2) is 0 Å². The van der Waals surface area contributed by atoms with E-state index in [4.69, 9.17) is 0 Å². The topological polar surface area (TPSA) is 24.4 Å². The quantitative estimate of drug-likeness (QED) is 0.578. The number of aliphatic imine (C=N–C) groups is 1. The van der Waals surface area contributed by atoms with Crippen LogP contribution < -0.4 is 15.8 Å². The normalized spacial score (nSPS) is 17.1. The maximum absolute atomic E-state index is 4.04. The van der Waals surface area contributed by atoms with E-state index in [1.54, 1.807) is 17.3 Å². The highest BCUT2D eigenvalue weighted by Crippen LogP contribution is 2.29. The third-order valence-corrected chi connectivity index (χ3v) is 6.52. The molecule has 0 fully saturated rings. The third-order valence-electron chi connectivity index (χ3n) is 6.52. The van der Waals surface area contributed by atoms with E-state index in [0.717, 1.165) is 23.6 Å². The molecule has 0 saturated carbocycles. The molecule has 2 aliphatic carbocycles. The van der Waals surface area contributed by atoms with Crippen LogP contribution in [-0.2, 0) is 6.42 Å². The summed E-state index contributed by atoms with van der Waals surface area (Å²) in [5, 5.41) is 8.89. The Hall–Kier alpha value is -3.39. The SMILES string of the molecule is C1=CNc2ccccc2C=N1.CCC1CCC=c2ccc3c(c21)CC=c1ccccc1=3. The van der Waals surface area contributed by atoms with Gasteiger partial charge in [-0.1, -0.05) is 73.7 Å².